The van der Waals surface area contributed by atoms with Crippen LogP contribution in [-0.4, -0.2) is 59.6 Å². The molecule has 0 radical (unpaired) electrons. The molecular weight excluding hydrogens is 886 g/mol. The van der Waals surface area contributed by atoms with Crippen LogP contribution in [0.2, 0.25) is 20.1 Å². The van der Waals surface area contributed by atoms with Gasteiger partial charge in [-0.3, -0.25) is 14.4 Å². The maximum atomic E-state index is 11.9. The number of thiazole rings is 2. The van der Waals surface area contributed by atoms with Gasteiger partial charge in [0.1, 0.15) is 0 Å². The van der Waals surface area contributed by atoms with Crippen molar-refractivity contribution in [2.24, 2.45) is 0 Å². The molecule has 1 N–H and O–H groups in total. The minimum Gasteiger partial charge on any atom is -0.466 e. The second-order valence-electron chi connectivity index (χ2n) is 12.9. The zero-order valence-electron chi connectivity index (χ0n) is 32.8. The van der Waals surface area contributed by atoms with E-state index >= 15 is 0 Å². The van der Waals surface area contributed by atoms with E-state index in [2.05, 4.69) is 0 Å². The molecule has 2 heterocycles. The molecule has 0 bridgehead atoms. The Morgan fingerprint density at radius 3 is 1.53 bits per heavy atom. The highest BCUT2D eigenvalue weighted by molar-refractivity contribution is 7.17. The predicted octanol–water partition coefficient (Wildman–Crippen LogP) is 11.5. The summed E-state index contributed by atoms with van der Waals surface area (Å²) in [7, 11) is 0. The van der Waals surface area contributed by atoms with Gasteiger partial charge in [-0.25, -0.2) is 9.97 Å². The summed E-state index contributed by atoms with van der Waals surface area (Å²) in [5.74, 6) is -0.522. The van der Waals surface area contributed by atoms with Crippen molar-refractivity contribution >= 4 is 97.6 Å². The fourth-order valence-corrected chi connectivity index (χ4v) is 8.34. The minimum atomic E-state index is -0.271. The number of rotatable bonds is 18. The zero-order valence-corrected chi connectivity index (χ0v) is 37.4. The fourth-order valence-electron chi connectivity index (χ4n) is 5.85. The largest absolute Gasteiger partial charge is 0.466 e. The summed E-state index contributed by atoms with van der Waals surface area (Å²) in [4.78, 5) is 50.2. The summed E-state index contributed by atoms with van der Waals surface area (Å²) >= 11 is 27.0. The van der Waals surface area contributed by atoms with E-state index in [0.717, 1.165) is 27.9 Å². The molecule has 60 heavy (non-hydrogen) atoms. The average Bonchev–Trinajstić information content (AvgIpc) is 3.89. The van der Waals surface area contributed by atoms with Gasteiger partial charge in [-0.15, -0.1) is 0 Å². The Hall–Kier alpha value is -4.53. The van der Waals surface area contributed by atoms with Gasteiger partial charge in [0.25, 0.3) is 0 Å². The van der Waals surface area contributed by atoms with Crippen LogP contribution in [0.5, 0.6) is 0 Å². The van der Waals surface area contributed by atoms with Crippen LogP contribution in [0.25, 0.3) is 22.5 Å². The van der Waals surface area contributed by atoms with Crippen LogP contribution in [0.15, 0.2) is 97.1 Å². The van der Waals surface area contributed by atoms with E-state index in [0.29, 0.717) is 91.6 Å². The highest BCUT2D eigenvalue weighted by Crippen LogP contribution is 2.37. The maximum Gasteiger partial charge on any atom is 0.307 e. The summed E-state index contributed by atoms with van der Waals surface area (Å²) in [6.45, 7) is 6.11. The van der Waals surface area contributed by atoms with E-state index in [1.165, 1.54) is 22.7 Å². The standard InChI is InChI=1S/C22H22Cl2N2O3S.C22H20Cl2N2O3S/c2*1-2-29-20(28)10-11-26(13-15-6-4-3-5-7-15)22-25-21(19(14-27)30-22)16-8-9-17(23)18(24)12-16/h3-9,12,27H,2,10-11,13-14H2,1H3;3-9,12,14H,2,10-11,13H2,1H3. The van der Waals surface area contributed by atoms with Crippen molar-refractivity contribution in [3.8, 4) is 22.5 Å². The Morgan fingerprint density at radius 2 is 1.10 bits per heavy atom. The monoisotopic (exact) mass is 926 g/mol. The first-order chi connectivity index (χ1) is 29.0. The van der Waals surface area contributed by atoms with Crippen LogP contribution >= 0.6 is 69.1 Å². The van der Waals surface area contributed by atoms with Crippen LogP contribution < -0.4 is 9.80 Å². The molecule has 0 aliphatic heterocycles. The van der Waals surface area contributed by atoms with Crippen molar-refractivity contribution in [2.45, 2.75) is 46.4 Å². The van der Waals surface area contributed by atoms with Crippen molar-refractivity contribution in [3.63, 3.8) is 0 Å². The number of aromatic nitrogens is 2. The van der Waals surface area contributed by atoms with Gasteiger partial charge in [0.15, 0.2) is 16.5 Å². The van der Waals surface area contributed by atoms with Gasteiger partial charge >= 0.3 is 11.9 Å². The second kappa shape index (κ2) is 23.5. The zero-order chi connectivity index (χ0) is 43.0. The Labute approximate surface area is 377 Å². The third kappa shape index (κ3) is 13.2. The van der Waals surface area contributed by atoms with Crippen molar-refractivity contribution in [2.75, 3.05) is 36.1 Å². The number of hydrogen-bond acceptors (Lipinski definition) is 12. The van der Waals surface area contributed by atoms with Crippen LogP contribution in [0.3, 0.4) is 0 Å². The lowest BCUT2D eigenvalue weighted by atomic mass is 10.1. The number of nitrogens with zero attached hydrogens (tertiary/aromatic N) is 4. The van der Waals surface area contributed by atoms with Crippen LogP contribution in [0.1, 0.15) is 52.4 Å². The van der Waals surface area contributed by atoms with Gasteiger partial charge in [-0.05, 0) is 49.2 Å². The molecule has 2 aromatic heterocycles. The molecule has 4 aromatic carbocycles. The first kappa shape index (κ1) is 46.5. The number of carbonyl (C=O) groups is 3. The molecule has 0 atom stereocenters. The van der Waals surface area contributed by atoms with Crippen LogP contribution in [-0.2, 0) is 38.8 Å². The molecule has 0 unspecified atom stereocenters. The van der Waals surface area contributed by atoms with E-state index < -0.39 is 0 Å². The maximum absolute atomic E-state index is 11.9. The average molecular weight is 929 g/mol. The van der Waals surface area contributed by atoms with Gasteiger partial charge in [-0.2, -0.15) is 0 Å². The minimum absolute atomic E-state index is 0.149. The SMILES string of the molecule is CCOC(=O)CCN(Cc1ccccc1)c1nc(-c2ccc(Cl)c(Cl)c2)c(C=O)s1.CCOC(=O)CCN(Cc1ccccc1)c1nc(-c2ccc(Cl)c(Cl)c2)c(CO)s1. The van der Waals surface area contributed by atoms with Gasteiger partial charge in [0.05, 0.1) is 73.9 Å². The Bertz CT molecular complexity index is 2350. The molecule has 6 rings (SSSR count). The molecule has 0 aliphatic rings. The number of hydrogen-bond donors (Lipinski definition) is 1. The Morgan fingerprint density at radius 1 is 0.650 bits per heavy atom. The van der Waals surface area contributed by atoms with Crippen molar-refractivity contribution < 1.29 is 29.0 Å². The number of ether oxygens (including phenoxy) is 2. The number of aliphatic hydroxyl groups excluding tert-OH is 1. The van der Waals surface area contributed by atoms with E-state index in [1.807, 2.05) is 76.5 Å². The quantitative estimate of drug-likeness (QED) is 0.0658. The molecule has 0 amide bonds. The molecule has 0 saturated carbocycles. The molecule has 16 heteroatoms. The Balaban J connectivity index is 0.000000228. The normalized spacial score (nSPS) is 10.7. The lowest BCUT2D eigenvalue weighted by Gasteiger charge is -2.21. The van der Waals surface area contributed by atoms with Crippen LogP contribution in [0, 0.1) is 0 Å². The van der Waals surface area contributed by atoms with Crippen LogP contribution in [0.4, 0.5) is 10.3 Å². The first-order valence-corrected chi connectivity index (χ1v) is 22.0. The molecule has 314 valence electrons. The highest BCUT2D eigenvalue weighted by atomic mass is 35.5. The van der Waals surface area contributed by atoms with E-state index in [1.54, 1.807) is 44.2 Å². The van der Waals surface area contributed by atoms with E-state index in [4.69, 9.17) is 65.8 Å². The summed E-state index contributed by atoms with van der Waals surface area (Å²) in [6.07, 6.45) is 1.25. The molecular formula is C44H42Cl4N4O6S2. The number of halogens is 4. The number of benzene rings is 4. The molecule has 0 aliphatic carbocycles. The number of aldehydes is 1. The topological polar surface area (TPSA) is 122 Å². The fraction of sp³-hybridized carbons (Fsp3) is 0.250. The third-order valence-corrected chi connectivity index (χ3v) is 12.3. The number of anilines is 2. The van der Waals surface area contributed by atoms with Gasteiger partial charge in [0, 0.05) is 37.3 Å². The smallest absolute Gasteiger partial charge is 0.307 e. The lowest BCUT2D eigenvalue weighted by Crippen LogP contribution is -2.26. The van der Waals surface area contributed by atoms with E-state index in [9.17, 15) is 19.5 Å². The number of aliphatic hydroxyl groups is 1. The molecule has 0 saturated heterocycles. The molecule has 6 aromatic rings. The molecule has 10 nitrogen and oxygen atoms in total. The van der Waals surface area contributed by atoms with Gasteiger partial charge < -0.3 is 24.4 Å². The number of carbonyl (C=O) groups excluding carboxylic acids is 3. The summed E-state index contributed by atoms with van der Waals surface area (Å²) in [6, 6.07) is 30.2. The highest BCUT2D eigenvalue weighted by Gasteiger charge is 2.21. The number of esters is 2. The van der Waals surface area contributed by atoms with Crippen molar-refractivity contribution in [3.05, 3.63) is 138 Å². The molecule has 0 fully saturated rings. The second-order valence-corrected chi connectivity index (χ2v) is 16.6. The van der Waals surface area contributed by atoms with Gasteiger partial charge in [-0.1, -0.05) is 142 Å². The summed E-state index contributed by atoms with van der Waals surface area (Å²) in [5.41, 5.74) is 4.85. The summed E-state index contributed by atoms with van der Waals surface area (Å²) < 4.78 is 10.1. The first-order valence-electron chi connectivity index (χ1n) is 18.9. The van der Waals surface area contributed by atoms with Gasteiger partial charge in [0.2, 0.25) is 0 Å². The predicted molar refractivity (Wildman–Crippen MR) is 244 cm³/mol. The van der Waals surface area contributed by atoms with E-state index in [-0.39, 0.29) is 31.4 Å². The van der Waals surface area contributed by atoms with Crippen molar-refractivity contribution in [1.82, 2.24) is 9.97 Å². The summed E-state index contributed by atoms with van der Waals surface area (Å²) in [5, 5.41) is 13.0. The Kier molecular flexibility index (Phi) is 18.2. The lowest BCUT2D eigenvalue weighted by molar-refractivity contribution is -0.143. The van der Waals surface area contributed by atoms with Crippen molar-refractivity contribution in [1.29, 1.82) is 0 Å². The third-order valence-electron chi connectivity index (χ3n) is 8.72. The molecule has 0 spiro atoms.